The van der Waals surface area contributed by atoms with Gasteiger partial charge < -0.3 is 9.84 Å². The van der Waals surface area contributed by atoms with Gasteiger partial charge >= 0.3 is 5.97 Å². The first kappa shape index (κ1) is 21.2. The van der Waals surface area contributed by atoms with Crippen molar-refractivity contribution in [1.29, 1.82) is 0 Å². The van der Waals surface area contributed by atoms with Crippen molar-refractivity contribution in [3.8, 4) is 28.0 Å². The van der Waals surface area contributed by atoms with Crippen LogP contribution in [-0.2, 0) is 14.6 Å². The van der Waals surface area contributed by atoms with E-state index in [0.717, 1.165) is 6.26 Å². The number of benzene rings is 3. The van der Waals surface area contributed by atoms with Crippen molar-refractivity contribution in [2.24, 2.45) is 0 Å². The minimum atomic E-state index is -3.57. The highest BCUT2D eigenvalue weighted by Gasteiger charge is 2.18. The van der Waals surface area contributed by atoms with Crippen LogP contribution in [0.5, 0.6) is 5.75 Å². The van der Waals surface area contributed by atoms with Crippen LogP contribution in [0.4, 0.5) is 0 Å². The van der Waals surface area contributed by atoms with E-state index in [0.29, 0.717) is 32.3 Å². The molecule has 0 amide bonds. The monoisotopic (exact) mass is 450 g/mol. The molecule has 0 aliphatic carbocycles. The van der Waals surface area contributed by atoms with E-state index in [2.05, 4.69) is 0 Å². The van der Waals surface area contributed by atoms with E-state index >= 15 is 0 Å². The van der Waals surface area contributed by atoms with Gasteiger partial charge in [-0.1, -0.05) is 47.5 Å². The summed E-state index contributed by atoms with van der Waals surface area (Å²) < 4.78 is 30.3. The summed E-state index contributed by atoms with van der Waals surface area (Å²) in [6.07, 6.45) is 1.13. The highest BCUT2D eigenvalue weighted by atomic mass is 35.5. The third kappa shape index (κ3) is 5.09. The standard InChI is InChI=1S/C21H16Cl2O5S/c1-29(26,27)20-10-14(4-8-17(20)13-2-5-15(22)6-3-13)18-11-16(23)7-9-19(18)28-12-21(24)25/h2-11H,12H2,1H3,(H,24,25). The molecule has 0 aliphatic heterocycles. The molecule has 0 aromatic heterocycles. The molecule has 0 bridgehead atoms. The third-order valence-corrected chi connectivity index (χ3v) is 5.76. The van der Waals surface area contributed by atoms with Crippen molar-refractivity contribution < 1.29 is 23.1 Å². The van der Waals surface area contributed by atoms with Gasteiger partial charge in [-0.05, 0) is 47.5 Å². The summed E-state index contributed by atoms with van der Waals surface area (Å²) in [5.41, 5.74) is 2.26. The minimum absolute atomic E-state index is 0.126. The number of halogens is 2. The Labute approximate surface area is 178 Å². The molecule has 150 valence electrons. The Morgan fingerprint density at radius 3 is 2.14 bits per heavy atom. The number of hydrogen-bond acceptors (Lipinski definition) is 4. The van der Waals surface area contributed by atoms with E-state index < -0.39 is 22.4 Å². The van der Waals surface area contributed by atoms with Crippen molar-refractivity contribution in [2.45, 2.75) is 4.90 Å². The Morgan fingerprint density at radius 1 is 0.897 bits per heavy atom. The summed E-state index contributed by atoms with van der Waals surface area (Å²) in [6.45, 7) is -0.531. The molecule has 0 spiro atoms. The van der Waals surface area contributed by atoms with Gasteiger partial charge in [0.15, 0.2) is 16.4 Å². The number of hydrogen-bond donors (Lipinski definition) is 1. The molecule has 0 heterocycles. The zero-order valence-electron chi connectivity index (χ0n) is 15.2. The zero-order valence-corrected chi connectivity index (χ0v) is 17.6. The minimum Gasteiger partial charge on any atom is -0.481 e. The second kappa shape index (κ2) is 8.45. The number of carbonyl (C=O) groups is 1. The van der Waals surface area contributed by atoms with Gasteiger partial charge in [-0.25, -0.2) is 13.2 Å². The van der Waals surface area contributed by atoms with Crippen LogP contribution >= 0.6 is 23.2 Å². The van der Waals surface area contributed by atoms with Crippen LogP contribution < -0.4 is 4.74 Å². The summed E-state index contributed by atoms with van der Waals surface area (Å²) >= 11 is 12.0. The Morgan fingerprint density at radius 2 is 1.52 bits per heavy atom. The first-order valence-corrected chi connectivity index (χ1v) is 11.0. The van der Waals surface area contributed by atoms with Gasteiger partial charge in [-0.3, -0.25) is 0 Å². The number of aliphatic carboxylic acids is 1. The van der Waals surface area contributed by atoms with Crippen LogP contribution in [0.15, 0.2) is 65.6 Å². The summed E-state index contributed by atoms with van der Waals surface area (Å²) in [7, 11) is -3.57. The molecule has 29 heavy (non-hydrogen) atoms. The molecule has 0 aliphatic rings. The first-order valence-electron chi connectivity index (χ1n) is 8.40. The number of carboxylic acids is 1. The van der Waals surface area contributed by atoms with E-state index in [4.69, 9.17) is 33.0 Å². The maximum atomic E-state index is 12.5. The van der Waals surface area contributed by atoms with Gasteiger partial charge in [0.25, 0.3) is 0 Å². The lowest BCUT2D eigenvalue weighted by atomic mass is 9.99. The van der Waals surface area contributed by atoms with Crippen molar-refractivity contribution in [3.05, 3.63) is 70.7 Å². The highest BCUT2D eigenvalue weighted by Crippen LogP contribution is 2.37. The van der Waals surface area contributed by atoms with Crippen LogP contribution in [-0.4, -0.2) is 32.4 Å². The molecule has 0 saturated carbocycles. The number of sulfone groups is 1. The average molecular weight is 451 g/mol. The van der Waals surface area contributed by atoms with Gasteiger partial charge in [0.2, 0.25) is 0 Å². The fourth-order valence-corrected chi connectivity index (χ4v) is 4.08. The average Bonchev–Trinajstić information content (AvgIpc) is 2.66. The van der Waals surface area contributed by atoms with E-state index in [1.54, 1.807) is 54.6 Å². The smallest absolute Gasteiger partial charge is 0.341 e. The van der Waals surface area contributed by atoms with E-state index in [9.17, 15) is 13.2 Å². The maximum Gasteiger partial charge on any atom is 0.341 e. The van der Waals surface area contributed by atoms with Crippen molar-refractivity contribution in [1.82, 2.24) is 0 Å². The largest absolute Gasteiger partial charge is 0.481 e. The molecule has 0 radical (unpaired) electrons. The first-order chi connectivity index (χ1) is 13.6. The molecule has 0 fully saturated rings. The Balaban J connectivity index is 2.16. The number of rotatable bonds is 6. The lowest BCUT2D eigenvalue weighted by Crippen LogP contribution is -2.10. The molecule has 3 aromatic carbocycles. The predicted molar refractivity (Wildman–Crippen MR) is 114 cm³/mol. The lowest BCUT2D eigenvalue weighted by Gasteiger charge is -2.14. The van der Waals surface area contributed by atoms with Crippen LogP contribution in [0, 0.1) is 0 Å². The lowest BCUT2D eigenvalue weighted by molar-refractivity contribution is -0.139. The van der Waals surface area contributed by atoms with Crippen molar-refractivity contribution >= 4 is 39.0 Å². The van der Waals surface area contributed by atoms with Crippen molar-refractivity contribution in [3.63, 3.8) is 0 Å². The predicted octanol–water partition coefficient (Wildman–Crippen LogP) is 5.19. The van der Waals surface area contributed by atoms with Crippen LogP contribution in [0.1, 0.15) is 0 Å². The Bertz CT molecular complexity index is 1170. The molecule has 8 heteroatoms. The Kier molecular flexibility index (Phi) is 6.17. The van der Waals surface area contributed by atoms with Gasteiger partial charge in [0.1, 0.15) is 5.75 Å². The van der Waals surface area contributed by atoms with Gasteiger partial charge in [-0.15, -0.1) is 0 Å². The van der Waals surface area contributed by atoms with E-state index in [1.165, 1.54) is 6.07 Å². The molecule has 1 N–H and O–H groups in total. The molecule has 3 aromatic rings. The SMILES string of the molecule is CS(=O)(=O)c1cc(-c2cc(Cl)ccc2OCC(=O)O)ccc1-c1ccc(Cl)cc1. The number of carboxylic acid groups (broad SMARTS) is 1. The third-order valence-electron chi connectivity index (χ3n) is 4.14. The molecule has 3 rings (SSSR count). The molecule has 0 saturated heterocycles. The molecule has 5 nitrogen and oxygen atoms in total. The topological polar surface area (TPSA) is 80.7 Å². The maximum absolute atomic E-state index is 12.5. The second-order valence-electron chi connectivity index (χ2n) is 6.31. The van der Waals surface area contributed by atoms with Gasteiger partial charge in [0.05, 0.1) is 4.90 Å². The normalized spacial score (nSPS) is 11.3. The second-order valence-corrected chi connectivity index (χ2v) is 9.17. The van der Waals surface area contributed by atoms with Crippen LogP contribution in [0.3, 0.4) is 0 Å². The van der Waals surface area contributed by atoms with Gasteiger partial charge in [-0.2, -0.15) is 0 Å². The van der Waals surface area contributed by atoms with E-state index in [1.807, 2.05) is 0 Å². The van der Waals surface area contributed by atoms with Crippen LogP contribution in [0.25, 0.3) is 22.3 Å². The Hall–Kier alpha value is -2.54. The summed E-state index contributed by atoms with van der Waals surface area (Å²) in [5.74, 6) is -0.837. The quantitative estimate of drug-likeness (QED) is 0.558. The molecule has 0 atom stereocenters. The summed E-state index contributed by atoms with van der Waals surface area (Å²) in [4.78, 5) is 11.0. The highest BCUT2D eigenvalue weighted by molar-refractivity contribution is 7.90. The molecular weight excluding hydrogens is 435 g/mol. The van der Waals surface area contributed by atoms with Crippen LogP contribution in [0.2, 0.25) is 10.0 Å². The summed E-state index contributed by atoms with van der Waals surface area (Å²) in [6, 6.07) is 16.5. The summed E-state index contributed by atoms with van der Waals surface area (Å²) in [5, 5.41) is 9.84. The number of ether oxygens (including phenoxy) is 1. The van der Waals surface area contributed by atoms with Crippen molar-refractivity contribution in [2.75, 3.05) is 12.9 Å². The molecule has 0 unspecified atom stereocenters. The fraction of sp³-hybridized carbons (Fsp3) is 0.0952. The van der Waals surface area contributed by atoms with Gasteiger partial charge in [0, 0.05) is 27.4 Å². The molecular formula is C21H16Cl2O5S. The zero-order chi connectivity index (χ0) is 21.2. The van der Waals surface area contributed by atoms with E-state index in [-0.39, 0.29) is 10.6 Å². The fourth-order valence-electron chi connectivity index (χ4n) is 2.86.